The van der Waals surface area contributed by atoms with Crippen LogP contribution in [-0.2, 0) is 14.3 Å². The van der Waals surface area contributed by atoms with Crippen molar-refractivity contribution in [2.75, 3.05) is 13.7 Å². The lowest BCUT2D eigenvalue weighted by Gasteiger charge is -2.01. The number of carbonyl (C=O) groups excluding carboxylic acids is 2. The quantitative estimate of drug-likeness (QED) is 0.660. The van der Waals surface area contributed by atoms with Gasteiger partial charge >= 0.3 is 11.9 Å². The zero-order valence-electron chi connectivity index (χ0n) is 10.7. The molecule has 1 rings (SSSR count). The van der Waals surface area contributed by atoms with Crippen molar-refractivity contribution in [1.29, 1.82) is 0 Å². The first-order valence-corrected chi connectivity index (χ1v) is 5.64. The Labute approximate surface area is 111 Å². The monoisotopic (exact) mass is 262 g/mol. The van der Waals surface area contributed by atoms with E-state index in [2.05, 4.69) is 16.6 Å². The van der Waals surface area contributed by atoms with Crippen LogP contribution in [0.25, 0.3) is 0 Å². The van der Waals surface area contributed by atoms with Crippen molar-refractivity contribution in [3.05, 3.63) is 29.3 Å². The van der Waals surface area contributed by atoms with Crippen molar-refractivity contribution in [1.82, 2.24) is 0 Å². The van der Waals surface area contributed by atoms with Crippen molar-refractivity contribution in [2.24, 2.45) is 0 Å². The van der Waals surface area contributed by atoms with Crippen molar-refractivity contribution >= 4 is 11.9 Å². The van der Waals surface area contributed by atoms with Crippen LogP contribution < -0.4 is 0 Å². The Morgan fingerprint density at radius 2 is 2.11 bits per heavy atom. The molecule has 1 aromatic rings. The van der Waals surface area contributed by atoms with Gasteiger partial charge in [0.2, 0.25) is 0 Å². The summed E-state index contributed by atoms with van der Waals surface area (Å²) in [5.41, 5.74) is 0.563. The van der Waals surface area contributed by atoms with Crippen LogP contribution in [0.5, 0.6) is 5.75 Å². The molecule has 0 saturated heterocycles. The van der Waals surface area contributed by atoms with Crippen LogP contribution in [0.15, 0.2) is 18.2 Å². The highest BCUT2D eigenvalue weighted by atomic mass is 16.5. The molecule has 1 aromatic carbocycles. The highest BCUT2D eigenvalue weighted by Gasteiger charge is 2.07. The molecule has 0 radical (unpaired) electrons. The molecule has 5 nitrogen and oxygen atoms in total. The van der Waals surface area contributed by atoms with Gasteiger partial charge in [-0.15, -0.1) is 0 Å². The molecule has 0 saturated carbocycles. The van der Waals surface area contributed by atoms with Crippen molar-refractivity contribution < 1.29 is 24.2 Å². The van der Waals surface area contributed by atoms with Gasteiger partial charge in [-0.05, 0) is 25.1 Å². The van der Waals surface area contributed by atoms with Gasteiger partial charge in [-0.25, -0.2) is 4.79 Å². The number of rotatable bonds is 3. The normalized spacial score (nSPS) is 9.16. The van der Waals surface area contributed by atoms with Gasteiger partial charge in [-0.2, -0.15) is 0 Å². The van der Waals surface area contributed by atoms with E-state index in [1.54, 1.807) is 6.92 Å². The number of benzene rings is 1. The molecule has 19 heavy (non-hydrogen) atoms. The fourth-order valence-corrected chi connectivity index (χ4v) is 1.31. The highest BCUT2D eigenvalue weighted by Crippen LogP contribution is 2.18. The van der Waals surface area contributed by atoms with Crippen molar-refractivity contribution in [2.45, 2.75) is 13.3 Å². The predicted octanol–water partition coefficient (Wildman–Crippen LogP) is 1.48. The number of aromatic hydroxyl groups is 1. The van der Waals surface area contributed by atoms with E-state index in [0.29, 0.717) is 12.2 Å². The number of phenolic OH excluding ortho intramolecular Hbond substituents is 1. The lowest BCUT2D eigenvalue weighted by molar-refractivity contribution is -0.141. The minimum Gasteiger partial charge on any atom is -0.507 e. The van der Waals surface area contributed by atoms with Crippen molar-refractivity contribution in [3.8, 4) is 17.6 Å². The molecule has 0 spiro atoms. The van der Waals surface area contributed by atoms with Crippen molar-refractivity contribution in [3.63, 3.8) is 0 Å². The second-order valence-corrected chi connectivity index (χ2v) is 3.51. The fraction of sp³-hybridized carbons (Fsp3) is 0.286. The second-order valence-electron chi connectivity index (χ2n) is 3.51. The average Bonchev–Trinajstić information content (AvgIpc) is 2.40. The van der Waals surface area contributed by atoms with E-state index >= 15 is 0 Å². The third-order valence-electron chi connectivity index (χ3n) is 2.18. The highest BCUT2D eigenvalue weighted by molar-refractivity contribution is 5.90. The van der Waals surface area contributed by atoms with E-state index in [1.165, 1.54) is 25.3 Å². The molecule has 0 aliphatic rings. The van der Waals surface area contributed by atoms with Gasteiger partial charge in [-0.1, -0.05) is 11.8 Å². The van der Waals surface area contributed by atoms with Gasteiger partial charge in [0.15, 0.2) is 0 Å². The number of methoxy groups -OCH3 is 1. The number of esters is 2. The summed E-state index contributed by atoms with van der Waals surface area (Å²) in [7, 11) is 1.26. The fourth-order valence-electron chi connectivity index (χ4n) is 1.31. The summed E-state index contributed by atoms with van der Waals surface area (Å²) >= 11 is 0. The lowest BCUT2D eigenvalue weighted by atomic mass is 10.1. The summed E-state index contributed by atoms with van der Waals surface area (Å²) in [5, 5.41) is 9.68. The van der Waals surface area contributed by atoms with E-state index in [0.717, 1.165) is 0 Å². The predicted molar refractivity (Wildman–Crippen MR) is 67.6 cm³/mol. The van der Waals surface area contributed by atoms with E-state index in [1.807, 2.05) is 0 Å². The van der Waals surface area contributed by atoms with Crippen LogP contribution in [-0.4, -0.2) is 30.8 Å². The maximum Gasteiger partial charge on any atom is 0.337 e. The molecule has 100 valence electrons. The molecular formula is C14H14O5. The summed E-state index contributed by atoms with van der Waals surface area (Å²) in [5.74, 6) is 4.13. The smallest absolute Gasteiger partial charge is 0.337 e. The number of carbonyl (C=O) groups is 2. The van der Waals surface area contributed by atoms with Crippen LogP contribution in [0.4, 0.5) is 0 Å². The second kappa shape index (κ2) is 7.07. The zero-order chi connectivity index (χ0) is 14.3. The topological polar surface area (TPSA) is 72.8 Å². The molecule has 0 aliphatic heterocycles. The number of hydrogen-bond acceptors (Lipinski definition) is 5. The Bertz CT molecular complexity index is 537. The lowest BCUT2D eigenvalue weighted by Crippen LogP contribution is -2.02. The van der Waals surface area contributed by atoms with Crippen LogP contribution in [0.1, 0.15) is 29.3 Å². The largest absolute Gasteiger partial charge is 0.507 e. The molecule has 0 aliphatic carbocycles. The first-order valence-electron chi connectivity index (χ1n) is 5.64. The standard InChI is InChI=1S/C14H14O5/c1-3-19-13(16)6-4-5-10-7-8-11(9-12(10)15)14(17)18-2/h7-9,15H,3,6H2,1-2H3. The number of hydrogen-bond donors (Lipinski definition) is 1. The molecule has 0 heterocycles. The molecule has 1 N–H and O–H groups in total. The maximum atomic E-state index is 11.2. The maximum absolute atomic E-state index is 11.2. The van der Waals surface area contributed by atoms with Crippen LogP contribution in [0.3, 0.4) is 0 Å². The minimum absolute atomic E-state index is 0.0496. The third-order valence-corrected chi connectivity index (χ3v) is 2.18. The Kier molecular flexibility index (Phi) is 5.42. The number of phenols is 1. The molecule has 0 aromatic heterocycles. The van der Waals surface area contributed by atoms with Gasteiger partial charge in [0.05, 0.1) is 24.8 Å². The first kappa shape index (κ1) is 14.6. The Hall–Kier alpha value is -2.48. The Morgan fingerprint density at radius 3 is 2.68 bits per heavy atom. The molecule has 0 amide bonds. The number of ether oxygens (including phenoxy) is 2. The molecule has 5 heteroatoms. The molecule has 0 bridgehead atoms. The molecular weight excluding hydrogens is 248 g/mol. The van der Waals surface area contributed by atoms with Gasteiger partial charge in [0.1, 0.15) is 12.2 Å². The Balaban J connectivity index is 2.78. The van der Waals surface area contributed by atoms with Gasteiger partial charge < -0.3 is 14.6 Å². The van der Waals surface area contributed by atoms with E-state index in [-0.39, 0.29) is 17.7 Å². The van der Waals surface area contributed by atoms with Gasteiger partial charge in [0, 0.05) is 0 Å². The summed E-state index contributed by atoms with van der Waals surface area (Å²) in [6.07, 6.45) is -0.0496. The SMILES string of the molecule is CCOC(=O)CC#Cc1ccc(C(=O)OC)cc1O. The minimum atomic E-state index is -0.540. The van der Waals surface area contributed by atoms with E-state index < -0.39 is 11.9 Å². The summed E-state index contributed by atoms with van der Waals surface area (Å²) in [4.78, 5) is 22.3. The summed E-state index contributed by atoms with van der Waals surface area (Å²) in [6.45, 7) is 2.02. The van der Waals surface area contributed by atoms with Crippen LogP contribution in [0.2, 0.25) is 0 Å². The average molecular weight is 262 g/mol. The van der Waals surface area contributed by atoms with Crippen LogP contribution >= 0.6 is 0 Å². The summed E-state index contributed by atoms with van der Waals surface area (Å²) < 4.78 is 9.23. The van der Waals surface area contributed by atoms with E-state index in [9.17, 15) is 14.7 Å². The Morgan fingerprint density at radius 1 is 1.37 bits per heavy atom. The van der Waals surface area contributed by atoms with Gasteiger partial charge in [-0.3, -0.25) is 4.79 Å². The van der Waals surface area contributed by atoms with Gasteiger partial charge in [0.25, 0.3) is 0 Å². The molecule has 0 atom stereocenters. The molecule has 0 unspecified atom stereocenters. The van der Waals surface area contributed by atoms with E-state index in [4.69, 9.17) is 4.74 Å². The molecule has 0 fully saturated rings. The zero-order valence-corrected chi connectivity index (χ0v) is 10.7. The van der Waals surface area contributed by atoms with Crippen LogP contribution in [0, 0.1) is 11.8 Å². The third kappa shape index (κ3) is 4.36. The summed E-state index contributed by atoms with van der Waals surface area (Å²) in [6, 6.07) is 4.24. The first-order chi connectivity index (χ1) is 9.08.